The largest absolute Gasteiger partial charge is 0.463 e. The number of fused-ring (bicyclic) bond motifs is 1. The number of rotatable bonds is 2. The van der Waals surface area contributed by atoms with Crippen LogP contribution in [-0.2, 0) is 9.53 Å². The van der Waals surface area contributed by atoms with Gasteiger partial charge in [-0.05, 0) is 44.0 Å². The summed E-state index contributed by atoms with van der Waals surface area (Å²) in [6, 6.07) is 5.75. The highest BCUT2D eigenvalue weighted by Crippen LogP contribution is 2.55. The van der Waals surface area contributed by atoms with Crippen molar-refractivity contribution < 1.29 is 9.53 Å². The van der Waals surface area contributed by atoms with E-state index >= 15 is 0 Å². The predicted octanol–water partition coefficient (Wildman–Crippen LogP) is 3.18. The zero-order valence-electron chi connectivity index (χ0n) is 11.1. The molecule has 0 atom stereocenters. The molecule has 2 aliphatic rings. The Balaban J connectivity index is 2.16. The van der Waals surface area contributed by atoms with Crippen molar-refractivity contribution in [3.05, 3.63) is 33.8 Å². The molecule has 1 heterocycles. The van der Waals surface area contributed by atoms with E-state index < -0.39 is 5.41 Å². The van der Waals surface area contributed by atoms with Crippen molar-refractivity contribution in [2.45, 2.75) is 19.8 Å². The Morgan fingerprint density at radius 2 is 2.25 bits per heavy atom. The van der Waals surface area contributed by atoms with Gasteiger partial charge in [0.2, 0.25) is 0 Å². The predicted molar refractivity (Wildman–Crippen MR) is 81.7 cm³/mol. The smallest absolute Gasteiger partial charge is 0.335 e. The number of nitrogens with two attached hydrogens (primary N) is 1. The minimum absolute atomic E-state index is 0.295. The number of amidine groups is 1. The molecule has 1 aliphatic carbocycles. The lowest BCUT2D eigenvalue weighted by atomic mass is 9.93. The molecule has 0 aromatic heterocycles. The molecule has 1 saturated carbocycles. The molecular formula is C15H15BrN2O2. The molecule has 1 aromatic rings. The standard InChI is InChI=1S/C15H15BrN2O2/c1-2-20-13(19)11-8-9-7-10(16)3-4-12(9)18-14(17)15(11)5-6-15/h3-4,7-8H,2,5-6H2,1H3,(H2,17,18). The highest BCUT2D eigenvalue weighted by molar-refractivity contribution is 9.10. The number of hydrogen-bond acceptors (Lipinski definition) is 4. The van der Waals surface area contributed by atoms with Crippen molar-refractivity contribution in [2.24, 2.45) is 16.1 Å². The molecule has 2 N–H and O–H groups in total. The zero-order valence-corrected chi connectivity index (χ0v) is 12.7. The summed E-state index contributed by atoms with van der Waals surface area (Å²) in [6.07, 6.45) is 3.57. The van der Waals surface area contributed by atoms with E-state index in [1.165, 1.54) is 0 Å². The second-order valence-electron chi connectivity index (χ2n) is 5.06. The molecule has 0 amide bonds. The third kappa shape index (κ3) is 2.06. The van der Waals surface area contributed by atoms with Crippen molar-refractivity contribution in [2.75, 3.05) is 6.61 Å². The number of benzene rings is 1. The SMILES string of the molecule is CCOC(=O)C1=Cc2cc(Br)ccc2N=C(N)C12CC2. The van der Waals surface area contributed by atoms with Gasteiger partial charge in [-0.15, -0.1) is 0 Å². The lowest BCUT2D eigenvalue weighted by molar-refractivity contribution is -0.138. The Kier molecular flexibility index (Phi) is 3.17. The van der Waals surface area contributed by atoms with E-state index in [-0.39, 0.29) is 5.97 Å². The quantitative estimate of drug-likeness (QED) is 0.844. The van der Waals surface area contributed by atoms with Crippen molar-refractivity contribution in [3.8, 4) is 0 Å². The summed E-state index contributed by atoms with van der Waals surface area (Å²) in [6.45, 7) is 2.16. The summed E-state index contributed by atoms with van der Waals surface area (Å²) in [5, 5.41) is 0. The lowest BCUT2D eigenvalue weighted by Gasteiger charge is -2.16. The molecule has 0 unspecified atom stereocenters. The van der Waals surface area contributed by atoms with E-state index in [1.807, 2.05) is 24.3 Å². The first kappa shape index (κ1) is 13.4. The Labute approximate surface area is 125 Å². The van der Waals surface area contributed by atoms with Crippen molar-refractivity contribution >= 4 is 39.5 Å². The van der Waals surface area contributed by atoms with Gasteiger partial charge in [-0.1, -0.05) is 15.9 Å². The minimum atomic E-state index is -0.419. The highest BCUT2D eigenvalue weighted by Gasteiger charge is 2.53. The molecule has 3 rings (SSSR count). The van der Waals surface area contributed by atoms with Gasteiger partial charge in [-0.3, -0.25) is 0 Å². The van der Waals surface area contributed by atoms with Gasteiger partial charge in [0, 0.05) is 10.0 Å². The summed E-state index contributed by atoms with van der Waals surface area (Å²) in [7, 11) is 0. The molecule has 0 bridgehead atoms. The van der Waals surface area contributed by atoms with Crippen LogP contribution in [0.25, 0.3) is 6.08 Å². The average molecular weight is 335 g/mol. The fourth-order valence-corrected chi connectivity index (χ4v) is 2.90. The first-order valence-corrected chi connectivity index (χ1v) is 7.39. The zero-order chi connectivity index (χ0) is 14.3. The van der Waals surface area contributed by atoms with Crippen LogP contribution in [0.1, 0.15) is 25.3 Å². The maximum Gasteiger partial charge on any atom is 0.335 e. The van der Waals surface area contributed by atoms with Crippen molar-refractivity contribution in [3.63, 3.8) is 0 Å². The van der Waals surface area contributed by atoms with Crippen LogP contribution in [0.2, 0.25) is 0 Å². The van der Waals surface area contributed by atoms with Crippen LogP contribution in [0.4, 0.5) is 5.69 Å². The second kappa shape index (κ2) is 4.74. The fourth-order valence-electron chi connectivity index (χ4n) is 2.52. The lowest BCUT2D eigenvalue weighted by Crippen LogP contribution is -2.30. The molecule has 4 nitrogen and oxygen atoms in total. The molecule has 1 aromatic carbocycles. The number of carbonyl (C=O) groups excluding carboxylic acids is 1. The monoisotopic (exact) mass is 334 g/mol. The first-order valence-electron chi connectivity index (χ1n) is 6.60. The first-order chi connectivity index (χ1) is 9.56. The van der Waals surface area contributed by atoms with Crippen LogP contribution in [0.15, 0.2) is 33.2 Å². The van der Waals surface area contributed by atoms with Crippen molar-refractivity contribution in [1.82, 2.24) is 0 Å². The van der Waals surface area contributed by atoms with Gasteiger partial charge >= 0.3 is 5.97 Å². The maximum absolute atomic E-state index is 12.2. The molecule has 1 aliphatic heterocycles. The van der Waals surface area contributed by atoms with Crippen LogP contribution in [0.3, 0.4) is 0 Å². The topological polar surface area (TPSA) is 64.7 Å². The number of ether oxygens (including phenoxy) is 1. The molecule has 104 valence electrons. The van der Waals surface area contributed by atoms with Gasteiger partial charge < -0.3 is 10.5 Å². The number of hydrogen-bond donors (Lipinski definition) is 1. The number of esters is 1. The van der Waals surface area contributed by atoms with E-state index in [0.29, 0.717) is 18.0 Å². The van der Waals surface area contributed by atoms with E-state index in [9.17, 15) is 4.79 Å². The van der Waals surface area contributed by atoms with E-state index in [4.69, 9.17) is 10.5 Å². The number of nitrogens with zero attached hydrogens (tertiary/aromatic N) is 1. The Bertz CT molecular complexity index is 645. The summed E-state index contributed by atoms with van der Waals surface area (Å²) in [5.74, 6) is 0.217. The Hall–Kier alpha value is -1.62. The second-order valence-corrected chi connectivity index (χ2v) is 5.98. The summed E-state index contributed by atoms with van der Waals surface area (Å²) < 4.78 is 6.12. The number of halogens is 1. The number of carbonyl (C=O) groups is 1. The van der Waals surface area contributed by atoms with Gasteiger partial charge in [0.15, 0.2) is 0 Å². The van der Waals surface area contributed by atoms with Gasteiger partial charge in [0.25, 0.3) is 0 Å². The molecule has 0 radical (unpaired) electrons. The maximum atomic E-state index is 12.2. The van der Waals surface area contributed by atoms with Crippen LogP contribution in [0, 0.1) is 5.41 Å². The van der Waals surface area contributed by atoms with Gasteiger partial charge in [0.05, 0.1) is 23.3 Å². The minimum Gasteiger partial charge on any atom is -0.463 e. The highest BCUT2D eigenvalue weighted by atomic mass is 79.9. The van der Waals surface area contributed by atoms with Gasteiger partial charge in [-0.2, -0.15) is 0 Å². The normalized spacial score (nSPS) is 18.7. The Morgan fingerprint density at radius 3 is 2.90 bits per heavy atom. The van der Waals surface area contributed by atoms with Crippen LogP contribution >= 0.6 is 15.9 Å². The summed E-state index contributed by atoms with van der Waals surface area (Å²) >= 11 is 3.44. The molecule has 5 heteroatoms. The van der Waals surface area contributed by atoms with Crippen molar-refractivity contribution in [1.29, 1.82) is 0 Å². The molecule has 1 spiro atoms. The van der Waals surface area contributed by atoms with E-state index in [1.54, 1.807) is 6.92 Å². The van der Waals surface area contributed by atoms with E-state index in [2.05, 4.69) is 20.9 Å². The van der Waals surface area contributed by atoms with E-state index in [0.717, 1.165) is 28.6 Å². The summed E-state index contributed by atoms with van der Waals surface area (Å²) in [4.78, 5) is 16.7. The molecular weight excluding hydrogens is 320 g/mol. The Morgan fingerprint density at radius 1 is 1.50 bits per heavy atom. The molecule has 0 saturated heterocycles. The van der Waals surface area contributed by atoms with Crippen LogP contribution in [-0.4, -0.2) is 18.4 Å². The van der Waals surface area contributed by atoms with Crippen LogP contribution < -0.4 is 5.73 Å². The van der Waals surface area contributed by atoms with Gasteiger partial charge in [0.1, 0.15) is 5.84 Å². The molecule has 1 fully saturated rings. The summed E-state index contributed by atoms with van der Waals surface area (Å²) in [5.41, 5.74) is 8.02. The fraction of sp³-hybridized carbons (Fsp3) is 0.333. The molecule has 20 heavy (non-hydrogen) atoms. The van der Waals surface area contributed by atoms with Gasteiger partial charge in [-0.25, -0.2) is 9.79 Å². The van der Waals surface area contributed by atoms with Crippen LogP contribution in [0.5, 0.6) is 0 Å². The number of aliphatic imine (C=N–C) groups is 1. The average Bonchev–Trinajstić information content (AvgIpc) is 3.20. The third-order valence-electron chi connectivity index (χ3n) is 3.78. The third-order valence-corrected chi connectivity index (χ3v) is 4.27.